The molecule has 4 nitrogen and oxygen atoms in total. The highest BCUT2D eigenvalue weighted by Gasteiger charge is 2.29. The van der Waals surface area contributed by atoms with Gasteiger partial charge in [0.05, 0.1) is 0 Å². The van der Waals surface area contributed by atoms with E-state index in [0.717, 1.165) is 5.69 Å². The summed E-state index contributed by atoms with van der Waals surface area (Å²) in [5, 5.41) is 0.177. The van der Waals surface area contributed by atoms with Crippen LogP contribution in [0.1, 0.15) is 12.1 Å². The number of halogens is 2. The fourth-order valence-corrected chi connectivity index (χ4v) is 2.33. The van der Waals surface area contributed by atoms with Gasteiger partial charge in [-0.25, -0.2) is 9.97 Å². The number of hydrogen-bond acceptors (Lipinski definition) is 3. The number of aromatic nitrogens is 2. The second-order valence-corrected chi connectivity index (χ2v) is 5.08. The summed E-state index contributed by atoms with van der Waals surface area (Å²) in [6.07, 6.45) is 0.501. The van der Waals surface area contributed by atoms with Gasteiger partial charge in [-0.05, 0) is 18.5 Å². The molecule has 1 aliphatic heterocycles. The van der Waals surface area contributed by atoms with Gasteiger partial charge < -0.3 is 0 Å². The quantitative estimate of drug-likeness (QED) is 0.586. The van der Waals surface area contributed by atoms with Gasteiger partial charge in [0.25, 0.3) is 0 Å². The Hall–Kier alpha value is -0.680. The predicted octanol–water partition coefficient (Wildman–Crippen LogP) is 1.94. The van der Waals surface area contributed by atoms with E-state index < -0.39 is 0 Å². The number of carbonyl (C=O) groups is 1. The zero-order chi connectivity index (χ0) is 11.0. The number of rotatable bonds is 1. The molecule has 2 rings (SSSR count). The minimum Gasteiger partial charge on any atom is -0.295 e. The Morgan fingerprint density at radius 3 is 2.87 bits per heavy atom. The van der Waals surface area contributed by atoms with Crippen LogP contribution in [-0.4, -0.2) is 27.2 Å². The topological polar surface area (TPSA) is 46.1 Å². The fraction of sp³-hybridized carbons (Fsp3) is 0.444. The maximum absolute atomic E-state index is 11.6. The second-order valence-electron chi connectivity index (χ2n) is 3.44. The average Bonchev–Trinajstić information content (AvgIpc) is 2.43. The lowest BCUT2D eigenvalue weighted by Gasteiger charge is -2.14. The van der Waals surface area contributed by atoms with Gasteiger partial charge in [0, 0.05) is 29.6 Å². The van der Waals surface area contributed by atoms with Crippen molar-refractivity contribution < 1.29 is 4.79 Å². The van der Waals surface area contributed by atoms with Crippen LogP contribution in [0, 0.1) is 6.92 Å². The first kappa shape index (κ1) is 10.8. The molecule has 80 valence electrons. The summed E-state index contributed by atoms with van der Waals surface area (Å²) >= 11 is 9.16. The molecule has 2 heterocycles. The van der Waals surface area contributed by atoms with Crippen molar-refractivity contribution in [2.75, 3.05) is 11.4 Å². The van der Waals surface area contributed by atoms with Crippen molar-refractivity contribution in [2.24, 2.45) is 0 Å². The van der Waals surface area contributed by atoms with Crippen molar-refractivity contribution in [2.45, 2.75) is 18.2 Å². The maximum Gasteiger partial charge on any atom is 0.229 e. The molecule has 0 bridgehead atoms. The molecule has 0 spiro atoms. The zero-order valence-corrected chi connectivity index (χ0v) is 10.4. The first-order valence-electron chi connectivity index (χ1n) is 4.52. The monoisotopic (exact) mass is 289 g/mol. The normalized spacial score (nSPS) is 21.1. The van der Waals surface area contributed by atoms with Crippen LogP contribution in [0.4, 0.5) is 5.82 Å². The number of carbonyl (C=O) groups excluding carboxylic acids is 1. The van der Waals surface area contributed by atoms with E-state index >= 15 is 0 Å². The standard InChI is InChI=1S/C9H9BrClN3O/c1-5-2-7(13-9(11)12-5)14-4-6(10)3-8(14)15/h2,6H,3-4H2,1H3. The molecule has 0 aromatic carbocycles. The number of aryl methyl sites for hydroxylation is 1. The molecule has 1 amide bonds. The molecule has 1 saturated heterocycles. The molecule has 0 N–H and O–H groups in total. The van der Waals surface area contributed by atoms with Crippen LogP contribution in [0.25, 0.3) is 0 Å². The van der Waals surface area contributed by atoms with Gasteiger partial charge in [0.15, 0.2) is 0 Å². The van der Waals surface area contributed by atoms with E-state index in [-0.39, 0.29) is 16.0 Å². The van der Waals surface area contributed by atoms with Gasteiger partial charge in [-0.2, -0.15) is 0 Å². The van der Waals surface area contributed by atoms with Crippen LogP contribution in [0.5, 0.6) is 0 Å². The van der Waals surface area contributed by atoms with Crippen molar-refractivity contribution >= 4 is 39.3 Å². The molecule has 1 fully saturated rings. The molecule has 1 atom stereocenters. The summed E-state index contributed by atoms with van der Waals surface area (Å²) < 4.78 is 0. The molecule has 15 heavy (non-hydrogen) atoms. The van der Waals surface area contributed by atoms with E-state index in [1.54, 1.807) is 11.0 Å². The van der Waals surface area contributed by atoms with Crippen LogP contribution in [0.3, 0.4) is 0 Å². The Kier molecular flexibility index (Phi) is 2.93. The summed E-state index contributed by atoms with van der Waals surface area (Å²) in [4.78, 5) is 21.4. The fourth-order valence-electron chi connectivity index (χ4n) is 1.54. The highest BCUT2D eigenvalue weighted by molar-refractivity contribution is 9.09. The molecular formula is C9H9BrClN3O. The molecule has 1 aliphatic rings. The number of anilines is 1. The van der Waals surface area contributed by atoms with Gasteiger partial charge in [-0.1, -0.05) is 15.9 Å². The van der Waals surface area contributed by atoms with Crippen molar-refractivity contribution in [1.82, 2.24) is 9.97 Å². The Morgan fingerprint density at radius 2 is 2.33 bits per heavy atom. The van der Waals surface area contributed by atoms with Gasteiger partial charge in [0.2, 0.25) is 11.2 Å². The van der Waals surface area contributed by atoms with E-state index in [1.807, 2.05) is 6.92 Å². The molecule has 0 aliphatic carbocycles. The minimum absolute atomic E-state index is 0.0611. The summed E-state index contributed by atoms with van der Waals surface area (Å²) in [5.41, 5.74) is 0.760. The SMILES string of the molecule is Cc1cc(N2CC(Br)CC2=O)nc(Cl)n1. The number of hydrogen-bond donors (Lipinski definition) is 0. The molecule has 1 aromatic heterocycles. The number of alkyl halides is 1. The number of amides is 1. The Labute approximate surface area is 101 Å². The molecule has 0 saturated carbocycles. The molecule has 6 heteroatoms. The van der Waals surface area contributed by atoms with Gasteiger partial charge in [0.1, 0.15) is 5.82 Å². The number of nitrogens with zero attached hydrogens (tertiary/aromatic N) is 3. The van der Waals surface area contributed by atoms with E-state index in [9.17, 15) is 4.79 Å². The molecule has 0 radical (unpaired) electrons. The van der Waals surface area contributed by atoms with E-state index in [1.165, 1.54) is 0 Å². The van der Waals surface area contributed by atoms with Crippen LogP contribution < -0.4 is 4.90 Å². The first-order valence-corrected chi connectivity index (χ1v) is 5.81. The Morgan fingerprint density at radius 1 is 1.60 bits per heavy atom. The highest BCUT2D eigenvalue weighted by atomic mass is 79.9. The summed E-state index contributed by atoms with van der Waals surface area (Å²) in [7, 11) is 0. The van der Waals surface area contributed by atoms with Crippen LogP contribution in [-0.2, 0) is 4.79 Å². The van der Waals surface area contributed by atoms with Gasteiger partial charge in [-0.3, -0.25) is 9.69 Å². The van der Waals surface area contributed by atoms with Crippen LogP contribution >= 0.6 is 27.5 Å². The highest BCUT2D eigenvalue weighted by Crippen LogP contribution is 2.24. The first-order chi connectivity index (χ1) is 7.06. The van der Waals surface area contributed by atoms with Gasteiger partial charge in [-0.15, -0.1) is 0 Å². The smallest absolute Gasteiger partial charge is 0.229 e. The van der Waals surface area contributed by atoms with Crippen molar-refractivity contribution in [3.8, 4) is 0 Å². The largest absolute Gasteiger partial charge is 0.295 e. The second kappa shape index (κ2) is 4.06. The van der Waals surface area contributed by atoms with Crippen molar-refractivity contribution in [3.63, 3.8) is 0 Å². The predicted molar refractivity (Wildman–Crippen MR) is 61.5 cm³/mol. The third-order valence-corrected chi connectivity index (χ3v) is 2.95. The van der Waals surface area contributed by atoms with Crippen LogP contribution in [0.15, 0.2) is 6.07 Å². The third-order valence-electron chi connectivity index (χ3n) is 2.17. The lowest BCUT2D eigenvalue weighted by molar-refractivity contribution is -0.117. The summed E-state index contributed by atoms with van der Waals surface area (Å²) in [5.74, 6) is 0.644. The minimum atomic E-state index is 0.0611. The van der Waals surface area contributed by atoms with Crippen molar-refractivity contribution in [1.29, 1.82) is 0 Å². The van der Waals surface area contributed by atoms with E-state index in [2.05, 4.69) is 25.9 Å². The molecule has 1 aromatic rings. The molecular weight excluding hydrogens is 281 g/mol. The summed E-state index contributed by atoms with van der Waals surface area (Å²) in [6.45, 7) is 2.45. The van der Waals surface area contributed by atoms with Crippen LogP contribution in [0.2, 0.25) is 5.28 Å². The average molecular weight is 291 g/mol. The zero-order valence-electron chi connectivity index (χ0n) is 8.07. The van der Waals surface area contributed by atoms with E-state index in [0.29, 0.717) is 18.8 Å². The lowest BCUT2D eigenvalue weighted by Crippen LogP contribution is -2.25. The Balaban J connectivity index is 2.33. The Bertz CT molecular complexity index is 392. The van der Waals surface area contributed by atoms with Crippen molar-refractivity contribution in [3.05, 3.63) is 17.0 Å². The third kappa shape index (κ3) is 2.29. The molecule has 1 unspecified atom stereocenters. The lowest BCUT2D eigenvalue weighted by atomic mass is 10.4. The maximum atomic E-state index is 11.6. The summed E-state index contributed by atoms with van der Waals surface area (Å²) in [6, 6.07) is 1.76. The van der Waals surface area contributed by atoms with Gasteiger partial charge >= 0.3 is 0 Å². The van der Waals surface area contributed by atoms with E-state index in [4.69, 9.17) is 11.6 Å².